The van der Waals surface area contributed by atoms with Gasteiger partial charge in [0.2, 0.25) is 0 Å². The van der Waals surface area contributed by atoms with E-state index in [0.717, 1.165) is 44.9 Å². The van der Waals surface area contributed by atoms with Crippen LogP contribution in [0.4, 0.5) is 13.2 Å². The van der Waals surface area contributed by atoms with Gasteiger partial charge in [-0.2, -0.15) is 13.2 Å². The van der Waals surface area contributed by atoms with Crippen LogP contribution in [0.5, 0.6) is 0 Å². The second-order valence-corrected chi connectivity index (χ2v) is 7.96. The van der Waals surface area contributed by atoms with Crippen molar-refractivity contribution in [3.05, 3.63) is 12.2 Å². The van der Waals surface area contributed by atoms with Crippen LogP contribution in [0.25, 0.3) is 0 Å². The average Bonchev–Trinajstić information content (AvgIpc) is 2.96. The number of hydrogen-bond acceptors (Lipinski definition) is 2. The molecular formula is C21H35F3O3. The van der Waals surface area contributed by atoms with E-state index in [9.17, 15) is 23.1 Å². The lowest BCUT2D eigenvalue weighted by Gasteiger charge is -2.25. The lowest BCUT2D eigenvalue weighted by Crippen LogP contribution is -2.28. The number of allylic oxidation sites excluding steroid dienone is 2. The maximum absolute atomic E-state index is 13.4. The maximum Gasteiger partial charge on any atom is 0.392 e. The molecule has 0 amide bonds. The predicted octanol–water partition coefficient (Wildman–Crippen LogP) is 6.11. The van der Waals surface area contributed by atoms with Crippen LogP contribution in [0.3, 0.4) is 0 Å². The first-order chi connectivity index (χ1) is 12.7. The number of rotatable bonds is 13. The minimum Gasteiger partial charge on any atom is -0.481 e. The Hall–Kier alpha value is -1.04. The molecule has 0 heterocycles. The van der Waals surface area contributed by atoms with Gasteiger partial charge in [-0.05, 0) is 63.7 Å². The second kappa shape index (κ2) is 12.4. The molecule has 4 atom stereocenters. The van der Waals surface area contributed by atoms with E-state index in [4.69, 9.17) is 5.11 Å². The van der Waals surface area contributed by atoms with Crippen LogP contribution < -0.4 is 0 Å². The fourth-order valence-corrected chi connectivity index (χ4v) is 4.14. The molecule has 0 aromatic heterocycles. The molecule has 1 aliphatic rings. The quantitative estimate of drug-likeness (QED) is 0.293. The number of unbranched alkanes of at least 4 members (excludes halogenated alkanes) is 5. The van der Waals surface area contributed by atoms with Gasteiger partial charge < -0.3 is 10.2 Å². The molecule has 0 aromatic rings. The molecule has 6 heteroatoms. The average molecular weight is 393 g/mol. The zero-order chi connectivity index (χ0) is 20.3. The third kappa shape index (κ3) is 10.2. The maximum atomic E-state index is 13.4. The standard InChI is InChI=1S/C21H35F3O3/c1-16(25)10-6-2-3-7-11-17-14-15-19(21(22,23)24)18(17)12-8-4-5-9-13-20(26)27/h7,11,16-19,25H,2-6,8-10,12-15H2,1H3,(H,26,27)/b11-7+/t16?,17?,18-,19?/m1/s1. The molecule has 0 spiro atoms. The summed E-state index contributed by atoms with van der Waals surface area (Å²) in [6.07, 6.45) is 7.46. The van der Waals surface area contributed by atoms with Crippen molar-refractivity contribution in [2.24, 2.45) is 17.8 Å². The summed E-state index contributed by atoms with van der Waals surface area (Å²) in [5.74, 6) is -2.38. The Morgan fingerprint density at radius 1 is 1.11 bits per heavy atom. The SMILES string of the molecule is CC(O)CCCC/C=C/C1CCC(C(F)(F)F)[C@@H]1CCCCCCC(=O)O. The molecule has 1 aliphatic carbocycles. The summed E-state index contributed by atoms with van der Waals surface area (Å²) < 4.78 is 40.1. The van der Waals surface area contributed by atoms with Gasteiger partial charge >= 0.3 is 12.1 Å². The molecule has 0 aliphatic heterocycles. The Morgan fingerprint density at radius 3 is 2.44 bits per heavy atom. The summed E-state index contributed by atoms with van der Waals surface area (Å²) in [4.78, 5) is 10.5. The molecule has 3 nitrogen and oxygen atoms in total. The topological polar surface area (TPSA) is 57.5 Å². The van der Waals surface area contributed by atoms with Crippen LogP contribution in [-0.4, -0.2) is 28.5 Å². The summed E-state index contributed by atoms with van der Waals surface area (Å²) in [7, 11) is 0. The zero-order valence-electron chi connectivity index (χ0n) is 16.4. The number of carboxylic acids is 1. The van der Waals surface area contributed by atoms with Crippen LogP contribution in [0.15, 0.2) is 12.2 Å². The Labute approximate surface area is 161 Å². The highest BCUT2D eigenvalue weighted by molar-refractivity contribution is 5.66. The molecule has 1 rings (SSSR count). The van der Waals surface area contributed by atoms with Crippen molar-refractivity contribution in [2.45, 2.75) is 96.3 Å². The van der Waals surface area contributed by atoms with Gasteiger partial charge in [0.25, 0.3) is 0 Å². The zero-order valence-corrected chi connectivity index (χ0v) is 16.4. The van der Waals surface area contributed by atoms with E-state index in [0.29, 0.717) is 19.3 Å². The van der Waals surface area contributed by atoms with Crippen LogP contribution in [0, 0.1) is 17.8 Å². The van der Waals surface area contributed by atoms with Crippen LogP contribution in [-0.2, 0) is 4.79 Å². The van der Waals surface area contributed by atoms with E-state index < -0.39 is 18.1 Å². The van der Waals surface area contributed by atoms with Gasteiger partial charge in [0, 0.05) is 6.42 Å². The summed E-state index contributed by atoms with van der Waals surface area (Å²) in [5, 5.41) is 17.9. The van der Waals surface area contributed by atoms with Crippen LogP contribution >= 0.6 is 0 Å². The van der Waals surface area contributed by atoms with E-state index in [1.807, 2.05) is 12.2 Å². The van der Waals surface area contributed by atoms with Gasteiger partial charge in [-0.25, -0.2) is 0 Å². The molecule has 27 heavy (non-hydrogen) atoms. The Morgan fingerprint density at radius 2 is 1.81 bits per heavy atom. The molecule has 0 saturated heterocycles. The van der Waals surface area contributed by atoms with Gasteiger partial charge in [-0.15, -0.1) is 0 Å². The van der Waals surface area contributed by atoms with E-state index in [1.54, 1.807) is 6.92 Å². The van der Waals surface area contributed by atoms with E-state index in [1.165, 1.54) is 0 Å². The number of halogens is 3. The van der Waals surface area contributed by atoms with Crippen molar-refractivity contribution in [2.75, 3.05) is 0 Å². The van der Waals surface area contributed by atoms with Gasteiger partial charge in [-0.1, -0.05) is 37.8 Å². The Bertz CT molecular complexity index is 446. The fraction of sp³-hybridized carbons (Fsp3) is 0.857. The molecule has 2 N–H and O–H groups in total. The third-order valence-corrected chi connectivity index (χ3v) is 5.60. The van der Waals surface area contributed by atoms with Crippen molar-refractivity contribution in [3.8, 4) is 0 Å². The van der Waals surface area contributed by atoms with Crippen molar-refractivity contribution in [1.29, 1.82) is 0 Å². The summed E-state index contributed by atoms with van der Waals surface area (Å²) in [5.41, 5.74) is 0. The predicted molar refractivity (Wildman–Crippen MR) is 100 cm³/mol. The molecule has 1 saturated carbocycles. The van der Waals surface area contributed by atoms with Crippen LogP contribution in [0.1, 0.15) is 84.0 Å². The molecular weight excluding hydrogens is 357 g/mol. The van der Waals surface area contributed by atoms with Crippen molar-refractivity contribution in [1.82, 2.24) is 0 Å². The summed E-state index contributed by atoms with van der Waals surface area (Å²) in [6, 6.07) is 0. The van der Waals surface area contributed by atoms with Gasteiger partial charge in [0.05, 0.1) is 12.0 Å². The van der Waals surface area contributed by atoms with Gasteiger partial charge in [0.1, 0.15) is 0 Å². The third-order valence-electron chi connectivity index (χ3n) is 5.60. The summed E-state index contributed by atoms with van der Waals surface area (Å²) >= 11 is 0. The molecule has 0 aromatic carbocycles. The monoisotopic (exact) mass is 392 g/mol. The number of alkyl halides is 3. The smallest absolute Gasteiger partial charge is 0.392 e. The Kier molecular flexibility index (Phi) is 11.0. The summed E-state index contributed by atoms with van der Waals surface area (Å²) in [6.45, 7) is 1.76. The largest absolute Gasteiger partial charge is 0.481 e. The van der Waals surface area contributed by atoms with E-state index >= 15 is 0 Å². The first kappa shape index (κ1) is 24.0. The number of aliphatic carboxylic acids is 1. The molecule has 3 unspecified atom stereocenters. The minimum atomic E-state index is -4.13. The molecule has 1 fully saturated rings. The van der Waals surface area contributed by atoms with E-state index in [-0.39, 0.29) is 30.8 Å². The molecule has 0 bridgehead atoms. The highest BCUT2D eigenvalue weighted by Gasteiger charge is 2.49. The second-order valence-electron chi connectivity index (χ2n) is 7.96. The fourth-order valence-electron chi connectivity index (χ4n) is 4.14. The highest BCUT2D eigenvalue weighted by Crippen LogP contribution is 2.48. The number of aliphatic hydroxyl groups excluding tert-OH is 1. The number of carboxylic acid groups (broad SMARTS) is 1. The number of carbonyl (C=O) groups is 1. The van der Waals surface area contributed by atoms with Crippen molar-refractivity contribution >= 4 is 5.97 Å². The number of aliphatic hydroxyl groups is 1. The Balaban J connectivity index is 2.43. The minimum absolute atomic E-state index is 0.00703. The van der Waals surface area contributed by atoms with Gasteiger partial charge in [0.15, 0.2) is 0 Å². The van der Waals surface area contributed by atoms with Crippen LogP contribution in [0.2, 0.25) is 0 Å². The molecule has 0 radical (unpaired) electrons. The van der Waals surface area contributed by atoms with Gasteiger partial charge in [-0.3, -0.25) is 4.79 Å². The van der Waals surface area contributed by atoms with Crippen molar-refractivity contribution in [3.63, 3.8) is 0 Å². The first-order valence-corrected chi connectivity index (χ1v) is 10.3. The van der Waals surface area contributed by atoms with E-state index in [2.05, 4.69) is 0 Å². The normalized spacial score (nSPS) is 24.6. The first-order valence-electron chi connectivity index (χ1n) is 10.3. The lowest BCUT2D eigenvalue weighted by molar-refractivity contribution is -0.185. The highest BCUT2D eigenvalue weighted by atomic mass is 19.4. The molecule has 158 valence electrons. The lowest BCUT2D eigenvalue weighted by atomic mass is 9.84. The number of hydrogen-bond donors (Lipinski definition) is 2. The van der Waals surface area contributed by atoms with Crippen molar-refractivity contribution < 1.29 is 28.2 Å².